The zero-order valence-corrected chi connectivity index (χ0v) is 4.83. The Hall–Kier alpha value is -1.65. The van der Waals surface area contributed by atoms with Gasteiger partial charge in [-0.3, -0.25) is 0 Å². The number of carbonyl (C=O) groups excluding carboxylic acids is 1. The molecule has 0 unspecified atom stereocenters. The summed E-state index contributed by atoms with van der Waals surface area (Å²) in [6.07, 6.45) is 1.10. The Morgan fingerprint density at radius 1 is 1.70 bits per heavy atom. The van der Waals surface area contributed by atoms with Crippen LogP contribution in [0.25, 0.3) is 0 Å². The SMILES string of the molecule is O=C([O-])c1ccnc(=O)[nH]1. The average Bonchev–Trinajstić information content (AvgIpc) is 1.88. The summed E-state index contributed by atoms with van der Waals surface area (Å²) in [6, 6.07) is 1.15. The molecule has 52 valence electrons. The predicted octanol–water partition coefficient (Wildman–Crippen LogP) is -1.87. The lowest BCUT2D eigenvalue weighted by Gasteiger charge is -1.97. The van der Waals surface area contributed by atoms with Crippen molar-refractivity contribution in [3.05, 3.63) is 28.4 Å². The van der Waals surface area contributed by atoms with Crippen LogP contribution in [0.5, 0.6) is 0 Å². The molecule has 10 heavy (non-hydrogen) atoms. The molecule has 1 heterocycles. The molecule has 5 heteroatoms. The maximum absolute atomic E-state index is 10.3. The first-order chi connectivity index (χ1) is 4.70. The lowest BCUT2D eigenvalue weighted by Crippen LogP contribution is -2.26. The molecule has 1 N–H and O–H groups in total. The van der Waals surface area contributed by atoms with Crippen molar-refractivity contribution in [2.24, 2.45) is 0 Å². The molecule has 0 radical (unpaired) electrons. The molecule has 0 spiro atoms. The van der Waals surface area contributed by atoms with Crippen molar-refractivity contribution in [3.63, 3.8) is 0 Å². The van der Waals surface area contributed by atoms with E-state index in [1.54, 1.807) is 0 Å². The van der Waals surface area contributed by atoms with Crippen LogP contribution in [-0.4, -0.2) is 15.9 Å². The van der Waals surface area contributed by atoms with Gasteiger partial charge in [0.15, 0.2) is 0 Å². The van der Waals surface area contributed by atoms with E-state index in [1.165, 1.54) is 0 Å². The molecule has 1 rings (SSSR count). The summed E-state index contributed by atoms with van der Waals surface area (Å²) in [7, 11) is 0. The van der Waals surface area contributed by atoms with Gasteiger partial charge in [-0.25, -0.2) is 9.78 Å². The molecule has 1 aromatic heterocycles. The van der Waals surface area contributed by atoms with Gasteiger partial charge in [0.1, 0.15) is 0 Å². The van der Waals surface area contributed by atoms with Gasteiger partial charge in [0, 0.05) is 6.20 Å². The highest BCUT2D eigenvalue weighted by atomic mass is 16.4. The Morgan fingerprint density at radius 2 is 2.40 bits per heavy atom. The number of aromatic carboxylic acids is 1. The summed E-state index contributed by atoms with van der Waals surface area (Å²) in [4.78, 5) is 25.6. The standard InChI is InChI=1S/C5H4N2O3/c8-4(9)3-1-2-6-5(10)7-3/h1-2H,(H,8,9)(H,6,7,10)/p-1. The number of carboxylic acid groups (broad SMARTS) is 1. The molecule has 0 aliphatic heterocycles. The van der Waals surface area contributed by atoms with Gasteiger partial charge in [-0.1, -0.05) is 0 Å². The summed E-state index contributed by atoms with van der Waals surface area (Å²) in [5.74, 6) is -1.42. The van der Waals surface area contributed by atoms with E-state index < -0.39 is 11.7 Å². The molecule has 0 amide bonds. The van der Waals surface area contributed by atoms with Gasteiger partial charge in [-0.2, -0.15) is 0 Å². The molecule has 0 saturated carbocycles. The van der Waals surface area contributed by atoms with Gasteiger partial charge in [0.25, 0.3) is 0 Å². The fourth-order valence-electron chi connectivity index (χ4n) is 0.488. The number of hydrogen-bond acceptors (Lipinski definition) is 4. The van der Waals surface area contributed by atoms with Crippen molar-refractivity contribution < 1.29 is 9.90 Å². The minimum Gasteiger partial charge on any atom is -0.543 e. The van der Waals surface area contributed by atoms with E-state index in [-0.39, 0.29) is 5.69 Å². The second-order valence-electron chi connectivity index (χ2n) is 1.58. The van der Waals surface area contributed by atoms with Crippen LogP contribution in [0.1, 0.15) is 10.5 Å². The second kappa shape index (κ2) is 2.30. The van der Waals surface area contributed by atoms with E-state index >= 15 is 0 Å². The molecule has 0 saturated heterocycles. The first-order valence-corrected chi connectivity index (χ1v) is 2.47. The number of carbonyl (C=O) groups is 1. The van der Waals surface area contributed by atoms with Gasteiger partial charge in [-0.05, 0) is 6.07 Å². The maximum atomic E-state index is 10.3. The number of aromatic amines is 1. The third-order valence-corrected chi connectivity index (χ3v) is 0.895. The number of H-pyrrole nitrogens is 1. The van der Waals surface area contributed by atoms with Crippen molar-refractivity contribution in [2.75, 3.05) is 0 Å². The topological polar surface area (TPSA) is 85.9 Å². The van der Waals surface area contributed by atoms with E-state index in [1.807, 2.05) is 4.98 Å². The summed E-state index contributed by atoms with van der Waals surface area (Å²) >= 11 is 0. The van der Waals surface area contributed by atoms with Crippen LogP contribution in [-0.2, 0) is 0 Å². The summed E-state index contributed by atoms with van der Waals surface area (Å²) in [5.41, 5.74) is -0.957. The normalized spacial score (nSPS) is 9.20. The molecule has 0 aliphatic carbocycles. The minimum absolute atomic E-state index is 0.264. The molecule has 0 fully saturated rings. The molecule has 0 aliphatic rings. The number of rotatable bonds is 1. The number of carboxylic acids is 1. The van der Waals surface area contributed by atoms with Gasteiger partial charge in [0.05, 0.1) is 11.7 Å². The summed E-state index contributed by atoms with van der Waals surface area (Å²) in [6.45, 7) is 0. The van der Waals surface area contributed by atoms with Gasteiger partial charge >= 0.3 is 5.69 Å². The highest BCUT2D eigenvalue weighted by Crippen LogP contribution is 1.82. The number of nitrogens with zero attached hydrogens (tertiary/aromatic N) is 1. The lowest BCUT2D eigenvalue weighted by molar-refractivity contribution is -0.255. The third-order valence-electron chi connectivity index (χ3n) is 0.895. The molecule has 1 aromatic rings. The van der Waals surface area contributed by atoms with Crippen LogP contribution in [0.15, 0.2) is 17.1 Å². The van der Waals surface area contributed by atoms with Crippen molar-refractivity contribution in [1.29, 1.82) is 0 Å². The van der Waals surface area contributed by atoms with Gasteiger partial charge in [-0.15, -0.1) is 0 Å². The lowest BCUT2D eigenvalue weighted by atomic mass is 10.4. The van der Waals surface area contributed by atoms with Crippen LogP contribution >= 0.6 is 0 Å². The minimum atomic E-state index is -1.42. The monoisotopic (exact) mass is 139 g/mol. The fourth-order valence-corrected chi connectivity index (χ4v) is 0.488. The first kappa shape index (κ1) is 6.47. The van der Waals surface area contributed by atoms with Crippen LogP contribution in [0.2, 0.25) is 0 Å². The molecule has 0 aromatic carbocycles. The fraction of sp³-hybridized carbons (Fsp3) is 0. The van der Waals surface area contributed by atoms with E-state index in [9.17, 15) is 14.7 Å². The summed E-state index contributed by atoms with van der Waals surface area (Å²) in [5, 5.41) is 10.0. The Labute approximate surface area is 55.4 Å². The van der Waals surface area contributed by atoms with E-state index in [2.05, 4.69) is 4.98 Å². The molecule has 0 atom stereocenters. The van der Waals surface area contributed by atoms with Crippen molar-refractivity contribution in [1.82, 2.24) is 9.97 Å². The molecule has 0 bridgehead atoms. The van der Waals surface area contributed by atoms with Crippen molar-refractivity contribution >= 4 is 5.97 Å². The predicted molar refractivity (Wildman–Crippen MR) is 29.2 cm³/mol. The molecular formula is C5H3N2O3-. The molecule has 5 nitrogen and oxygen atoms in total. The Kier molecular flexibility index (Phi) is 1.49. The number of aromatic nitrogens is 2. The number of nitrogens with one attached hydrogen (secondary N) is 1. The number of hydrogen-bond donors (Lipinski definition) is 1. The largest absolute Gasteiger partial charge is 0.543 e. The Balaban J connectivity index is 3.20. The van der Waals surface area contributed by atoms with Crippen LogP contribution in [0, 0.1) is 0 Å². The highest BCUT2D eigenvalue weighted by molar-refractivity contribution is 5.82. The zero-order chi connectivity index (χ0) is 7.56. The third kappa shape index (κ3) is 1.19. The molecular weight excluding hydrogens is 136 g/mol. The highest BCUT2D eigenvalue weighted by Gasteiger charge is 1.91. The van der Waals surface area contributed by atoms with Crippen molar-refractivity contribution in [3.8, 4) is 0 Å². The van der Waals surface area contributed by atoms with Gasteiger partial charge < -0.3 is 14.9 Å². The maximum Gasteiger partial charge on any atom is 0.345 e. The van der Waals surface area contributed by atoms with Crippen LogP contribution in [0.3, 0.4) is 0 Å². The summed E-state index contributed by atoms with van der Waals surface area (Å²) < 4.78 is 0. The second-order valence-corrected chi connectivity index (χ2v) is 1.58. The van der Waals surface area contributed by atoms with Gasteiger partial charge in [0.2, 0.25) is 0 Å². The van der Waals surface area contributed by atoms with Crippen molar-refractivity contribution in [2.45, 2.75) is 0 Å². The smallest absolute Gasteiger partial charge is 0.345 e. The first-order valence-electron chi connectivity index (χ1n) is 2.47. The quantitative estimate of drug-likeness (QED) is 0.494. The van der Waals surface area contributed by atoms with E-state index in [4.69, 9.17) is 0 Å². The van der Waals surface area contributed by atoms with Crippen LogP contribution in [0.4, 0.5) is 0 Å². The van der Waals surface area contributed by atoms with Crippen LogP contribution < -0.4 is 10.8 Å². The Bertz CT molecular complexity index is 304. The zero-order valence-electron chi connectivity index (χ0n) is 4.83. The average molecular weight is 139 g/mol. The Morgan fingerprint density at radius 3 is 2.80 bits per heavy atom. The van der Waals surface area contributed by atoms with E-state index in [0.29, 0.717) is 0 Å². The van der Waals surface area contributed by atoms with E-state index in [0.717, 1.165) is 12.3 Å².